The molecular formula is C19H15F3N4O3S. The quantitative estimate of drug-likeness (QED) is 0.596. The number of hydrogen-bond acceptors (Lipinski definition) is 5. The van der Waals surface area contributed by atoms with Crippen molar-refractivity contribution in [2.24, 2.45) is 0 Å². The van der Waals surface area contributed by atoms with E-state index >= 15 is 0 Å². The van der Waals surface area contributed by atoms with Crippen molar-refractivity contribution in [3.05, 3.63) is 76.9 Å². The number of hydrogen-bond donors (Lipinski definition) is 2. The number of aryl methyl sites for hydroxylation is 2. The minimum atomic E-state index is -4.00. The van der Waals surface area contributed by atoms with E-state index in [9.17, 15) is 26.4 Å². The van der Waals surface area contributed by atoms with Crippen LogP contribution in [0, 0.1) is 31.3 Å². The Hall–Kier alpha value is -3.47. The summed E-state index contributed by atoms with van der Waals surface area (Å²) in [5.74, 6) is -5.91. The monoisotopic (exact) mass is 436 g/mol. The van der Waals surface area contributed by atoms with E-state index in [1.165, 1.54) is 24.3 Å². The molecule has 0 aliphatic carbocycles. The lowest BCUT2D eigenvalue weighted by Gasteiger charge is -2.10. The maximum Gasteiger partial charge on any atom is 0.264 e. The predicted molar refractivity (Wildman–Crippen MR) is 103 cm³/mol. The van der Waals surface area contributed by atoms with Crippen molar-refractivity contribution in [1.82, 2.24) is 9.97 Å². The van der Waals surface area contributed by atoms with Gasteiger partial charge in [-0.1, -0.05) is 0 Å². The standard InChI is InChI=1S/C19H15F3N4O3S/c1-10-9-11(2)24-19(23-10)26-30(28,29)13-5-3-12(4-6-13)25-18(27)14-7-8-15(20)17(22)16(14)21/h3-9H,1-2H3,(H,25,27)(H,23,24,26). The molecule has 0 saturated heterocycles. The molecule has 0 saturated carbocycles. The topological polar surface area (TPSA) is 101 Å². The lowest BCUT2D eigenvalue weighted by molar-refractivity contribution is 0.102. The molecule has 30 heavy (non-hydrogen) atoms. The van der Waals surface area contributed by atoms with Gasteiger partial charge in [0.2, 0.25) is 5.95 Å². The van der Waals surface area contributed by atoms with Crippen LogP contribution < -0.4 is 10.0 Å². The van der Waals surface area contributed by atoms with Crippen molar-refractivity contribution in [1.29, 1.82) is 0 Å². The van der Waals surface area contributed by atoms with E-state index in [1.54, 1.807) is 19.9 Å². The summed E-state index contributed by atoms with van der Waals surface area (Å²) < 4.78 is 67.2. The number of anilines is 2. The molecule has 0 radical (unpaired) electrons. The second-order valence-electron chi connectivity index (χ2n) is 6.28. The Morgan fingerprint density at radius 3 is 2.10 bits per heavy atom. The summed E-state index contributed by atoms with van der Waals surface area (Å²) in [7, 11) is -4.00. The minimum absolute atomic E-state index is 0.0845. The third-order valence-corrected chi connectivity index (χ3v) is 5.25. The van der Waals surface area contributed by atoms with Gasteiger partial charge in [0.15, 0.2) is 17.5 Å². The molecule has 2 aromatic carbocycles. The molecule has 0 aliphatic rings. The molecular weight excluding hydrogens is 421 g/mol. The fourth-order valence-corrected chi connectivity index (χ4v) is 3.51. The molecule has 2 N–H and O–H groups in total. The zero-order chi connectivity index (χ0) is 22.1. The van der Waals surface area contributed by atoms with Gasteiger partial charge in [-0.2, -0.15) is 0 Å². The molecule has 0 fully saturated rings. The van der Waals surface area contributed by atoms with Gasteiger partial charge in [-0.15, -0.1) is 0 Å². The van der Waals surface area contributed by atoms with Gasteiger partial charge >= 0.3 is 0 Å². The second kappa shape index (κ2) is 8.11. The van der Waals surface area contributed by atoms with Crippen LogP contribution in [0.3, 0.4) is 0 Å². The van der Waals surface area contributed by atoms with E-state index in [0.29, 0.717) is 17.5 Å². The Labute approximate surface area is 170 Å². The van der Waals surface area contributed by atoms with Gasteiger partial charge in [-0.3, -0.25) is 4.79 Å². The van der Waals surface area contributed by atoms with E-state index in [2.05, 4.69) is 20.0 Å². The van der Waals surface area contributed by atoms with Crippen molar-refractivity contribution in [3.8, 4) is 0 Å². The summed E-state index contributed by atoms with van der Waals surface area (Å²) in [4.78, 5) is 20.0. The van der Waals surface area contributed by atoms with Gasteiger partial charge in [0.25, 0.3) is 15.9 Å². The summed E-state index contributed by atoms with van der Waals surface area (Å²) in [6.45, 7) is 3.39. The van der Waals surface area contributed by atoms with Crippen LogP contribution in [0.25, 0.3) is 0 Å². The van der Waals surface area contributed by atoms with Crippen LogP contribution in [0.5, 0.6) is 0 Å². The van der Waals surface area contributed by atoms with Crippen molar-refractivity contribution in [2.75, 3.05) is 10.0 Å². The van der Waals surface area contributed by atoms with Crippen LogP contribution in [-0.2, 0) is 10.0 Å². The van der Waals surface area contributed by atoms with E-state index in [0.717, 1.165) is 6.07 Å². The molecule has 1 heterocycles. The molecule has 0 bridgehead atoms. The van der Waals surface area contributed by atoms with Gasteiger partial charge in [0.1, 0.15) is 0 Å². The third-order valence-electron chi connectivity index (χ3n) is 3.91. The lowest BCUT2D eigenvalue weighted by Crippen LogP contribution is -2.17. The zero-order valence-electron chi connectivity index (χ0n) is 15.7. The van der Waals surface area contributed by atoms with Crippen molar-refractivity contribution >= 4 is 27.6 Å². The number of carbonyl (C=O) groups excluding carboxylic acids is 1. The van der Waals surface area contributed by atoms with Crippen molar-refractivity contribution < 1.29 is 26.4 Å². The number of benzene rings is 2. The van der Waals surface area contributed by atoms with E-state index < -0.39 is 38.9 Å². The Balaban J connectivity index is 1.77. The summed E-state index contributed by atoms with van der Waals surface area (Å²) >= 11 is 0. The lowest BCUT2D eigenvalue weighted by atomic mass is 10.1. The molecule has 3 rings (SSSR count). The highest BCUT2D eigenvalue weighted by atomic mass is 32.2. The number of amides is 1. The Morgan fingerprint density at radius 1 is 0.900 bits per heavy atom. The van der Waals surface area contributed by atoms with Crippen LogP contribution >= 0.6 is 0 Å². The van der Waals surface area contributed by atoms with Crippen molar-refractivity contribution in [3.63, 3.8) is 0 Å². The molecule has 1 aromatic heterocycles. The van der Waals surface area contributed by atoms with Gasteiger partial charge in [0, 0.05) is 17.1 Å². The number of sulfonamides is 1. The molecule has 0 atom stereocenters. The highest BCUT2D eigenvalue weighted by Crippen LogP contribution is 2.20. The predicted octanol–water partition coefficient (Wildman–Crippen LogP) is 3.56. The Morgan fingerprint density at radius 2 is 1.50 bits per heavy atom. The molecule has 3 aromatic rings. The fraction of sp³-hybridized carbons (Fsp3) is 0.105. The van der Waals surface area contributed by atoms with E-state index in [-0.39, 0.29) is 16.5 Å². The molecule has 1 amide bonds. The van der Waals surface area contributed by atoms with Crippen LogP contribution in [0.2, 0.25) is 0 Å². The average Bonchev–Trinajstić information content (AvgIpc) is 2.65. The molecule has 0 aliphatic heterocycles. The number of rotatable bonds is 5. The smallest absolute Gasteiger partial charge is 0.264 e. The highest BCUT2D eigenvalue weighted by Gasteiger charge is 2.20. The normalized spacial score (nSPS) is 11.2. The summed E-state index contributed by atoms with van der Waals surface area (Å²) in [5, 5.41) is 2.28. The molecule has 7 nitrogen and oxygen atoms in total. The van der Waals surface area contributed by atoms with Gasteiger partial charge < -0.3 is 5.32 Å². The highest BCUT2D eigenvalue weighted by molar-refractivity contribution is 7.92. The van der Waals surface area contributed by atoms with Gasteiger partial charge in [0.05, 0.1) is 10.5 Å². The minimum Gasteiger partial charge on any atom is -0.322 e. The van der Waals surface area contributed by atoms with Crippen molar-refractivity contribution in [2.45, 2.75) is 18.7 Å². The molecule has 156 valence electrons. The SMILES string of the molecule is Cc1cc(C)nc(NS(=O)(=O)c2ccc(NC(=O)c3ccc(F)c(F)c3F)cc2)n1. The largest absolute Gasteiger partial charge is 0.322 e. The first kappa shape index (κ1) is 21.2. The molecule has 0 spiro atoms. The molecule has 0 unspecified atom stereocenters. The van der Waals surface area contributed by atoms with Crippen LogP contribution in [-0.4, -0.2) is 24.3 Å². The maximum absolute atomic E-state index is 13.7. The number of nitrogens with one attached hydrogen (secondary N) is 2. The summed E-state index contributed by atoms with van der Waals surface area (Å²) in [6, 6.07) is 8.02. The van der Waals surface area contributed by atoms with Gasteiger partial charge in [-0.05, 0) is 56.3 Å². The number of aromatic nitrogens is 2. The summed E-state index contributed by atoms with van der Waals surface area (Å²) in [6.07, 6.45) is 0. The number of nitrogens with zero attached hydrogens (tertiary/aromatic N) is 2. The Bertz CT molecular complexity index is 1210. The second-order valence-corrected chi connectivity index (χ2v) is 7.96. The zero-order valence-corrected chi connectivity index (χ0v) is 16.5. The fourth-order valence-electron chi connectivity index (χ4n) is 2.57. The average molecular weight is 436 g/mol. The van der Waals surface area contributed by atoms with Crippen LogP contribution in [0.1, 0.15) is 21.7 Å². The van der Waals surface area contributed by atoms with Crippen LogP contribution in [0.15, 0.2) is 47.4 Å². The summed E-state index contributed by atoms with van der Waals surface area (Å²) in [5.41, 5.74) is 0.593. The Kier molecular flexibility index (Phi) is 5.74. The van der Waals surface area contributed by atoms with E-state index in [4.69, 9.17) is 0 Å². The maximum atomic E-state index is 13.7. The first-order valence-electron chi connectivity index (χ1n) is 8.47. The van der Waals surface area contributed by atoms with Crippen LogP contribution in [0.4, 0.5) is 24.8 Å². The third kappa shape index (κ3) is 4.57. The number of carbonyl (C=O) groups is 1. The molecule has 11 heteroatoms. The first-order valence-corrected chi connectivity index (χ1v) is 9.95. The first-order chi connectivity index (χ1) is 14.1. The number of halogens is 3. The van der Waals surface area contributed by atoms with E-state index in [1.807, 2.05) is 0 Å². The van der Waals surface area contributed by atoms with Gasteiger partial charge in [-0.25, -0.2) is 36.3 Å².